The van der Waals surface area contributed by atoms with E-state index in [-0.39, 0.29) is 5.91 Å². The molecule has 3 rings (SSSR count). The molecule has 1 heterocycles. The van der Waals surface area contributed by atoms with E-state index in [9.17, 15) is 4.79 Å². The highest BCUT2D eigenvalue weighted by Gasteiger charge is 2.22. The highest BCUT2D eigenvalue weighted by molar-refractivity contribution is 5.96. The molecule has 0 aromatic heterocycles. The molecule has 150 valence electrons. The number of unbranched alkanes of at least 4 members (excludes halogenated alkanes) is 1. The minimum atomic E-state index is 0.0172. The molecule has 28 heavy (non-hydrogen) atoms. The van der Waals surface area contributed by atoms with Crippen LogP contribution in [0.5, 0.6) is 11.5 Å². The molecule has 6 nitrogen and oxygen atoms in total. The van der Waals surface area contributed by atoms with Gasteiger partial charge in [-0.25, -0.2) is 0 Å². The van der Waals surface area contributed by atoms with Crippen LogP contribution in [0, 0.1) is 0 Å². The van der Waals surface area contributed by atoms with Gasteiger partial charge in [-0.05, 0) is 62.1 Å². The summed E-state index contributed by atoms with van der Waals surface area (Å²) in [5.41, 5.74) is 9.60. The van der Waals surface area contributed by atoms with Crippen LogP contribution in [-0.4, -0.2) is 32.7 Å². The summed E-state index contributed by atoms with van der Waals surface area (Å²) >= 11 is 0. The Kier molecular flexibility index (Phi) is 7.14. The van der Waals surface area contributed by atoms with Crippen LogP contribution in [0.1, 0.15) is 30.4 Å². The molecule has 6 heteroatoms. The lowest BCUT2D eigenvalue weighted by molar-refractivity contribution is -0.116. The second-order valence-corrected chi connectivity index (χ2v) is 6.96. The van der Waals surface area contributed by atoms with Gasteiger partial charge in [0.15, 0.2) is 0 Å². The number of carbonyl (C=O) groups is 1. The van der Waals surface area contributed by atoms with Crippen molar-refractivity contribution in [2.75, 3.05) is 37.9 Å². The van der Waals surface area contributed by atoms with Crippen LogP contribution in [0.2, 0.25) is 0 Å². The predicted molar refractivity (Wildman–Crippen MR) is 112 cm³/mol. The van der Waals surface area contributed by atoms with Gasteiger partial charge < -0.3 is 25.8 Å². The summed E-state index contributed by atoms with van der Waals surface area (Å²) in [7, 11) is 1.61. The average molecular weight is 383 g/mol. The second-order valence-electron chi connectivity index (χ2n) is 6.96. The van der Waals surface area contributed by atoms with E-state index in [0.717, 1.165) is 55.0 Å². The molecule has 0 aliphatic carbocycles. The molecule has 0 saturated carbocycles. The van der Waals surface area contributed by atoms with Crippen molar-refractivity contribution in [2.24, 2.45) is 0 Å². The molecule has 0 saturated heterocycles. The Balaban J connectivity index is 1.36. The average Bonchev–Trinajstić information content (AvgIpc) is 2.71. The minimum Gasteiger partial charge on any atom is -0.495 e. The predicted octanol–water partition coefficient (Wildman–Crippen LogP) is 3.15. The van der Waals surface area contributed by atoms with E-state index >= 15 is 0 Å². The van der Waals surface area contributed by atoms with E-state index in [0.29, 0.717) is 25.2 Å². The molecule has 1 amide bonds. The third kappa shape index (κ3) is 5.39. The van der Waals surface area contributed by atoms with Crippen molar-refractivity contribution in [3.8, 4) is 11.5 Å². The third-order valence-corrected chi connectivity index (χ3v) is 4.90. The first-order valence-electron chi connectivity index (χ1n) is 9.85. The number of nitrogens with two attached hydrogens (primary N) is 1. The summed E-state index contributed by atoms with van der Waals surface area (Å²) in [5.74, 6) is 1.51. The van der Waals surface area contributed by atoms with Gasteiger partial charge in [-0.2, -0.15) is 0 Å². The lowest BCUT2D eigenvalue weighted by Crippen LogP contribution is -2.23. The number of amides is 1. The quantitative estimate of drug-likeness (QED) is 0.433. The zero-order chi connectivity index (χ0) is 19.8. The van der Waals surface area contributed by atoms with Gasteiger partial charge in [-0.3, -0.25) is 4.79 Å². The Labute approximate surface area is 166 Å². The molecule has 0 radical (unpaired) electrons. The molecule has 0 unspecified atom stereocenters. The van der Waals surface area contributed by atoms with Gasteiger partial charge in [0, 0.05) is 24.2 Å². The highest BCUT2D eigenvalue weighted by atomic mass is 16.5. The number of hydrogen-bond donors (Lipinski definition) is 3. The number of rotatable bonds is 10. The van der Waals surface area contributed by atoms with E-state index in [2.05, 4.69) is 22.8 Å². The number of fused-ring (bicyclic) bond motifs is 1. The molecule has 0 bridgehead atoms. The largest absolute Gasteiger partial charge is 0.495 e. The maximum atomic E-state index is 11.7. The highest BCUT2D eigenvalue weighted by Crippen LogP contribution is 2.38. The number of aryl methyl sites for hydroxylation is 1. The van der Waals surface area contributed by atoms with Gasteiger partial charge in [0.05, 0.1) is 12.8 Å². The molecular formula is C22H29N3O3. The van der Waals surface area contributed by atoms with Gasteiger partial charge in [0.25, 0.3) is 0 Å². The summed E-state index contributed by atoms with van der Waals surface area (Å²) < 4.78 is 11.3. The van der Waals surface area contributed by atoms with Crippen LogP contribution in [0.3, 0.4) is 0 Å². The zero-order valence-electron chi connectivity index (χ0n) is 16.4. The molecule has 1 aliphatic rings. The lowest BCUT2D eigenvalue weighted by Gasteiger charge is -2.22. The van der Waals surface area contributed by atoms with Crippen LogP contribution in [0.4, 0.5) is 11.4 Å². The summed E-state index contributed by atoms with van der Waals surface area (Å²) in [5, 5.41) is 6.32. The SMILES string of the molecule is COc1ccc(OCCNCCCCc2ccc(N)cc2)c2c1NC(=O)CC2. The number of carbonyl (C=O) groups excluding carboxylic acids is 1. The molecule has 4 N–H and O–H groups in total. The van der Waals surface area contributed by atoms with Crippen molar-refractivity contribution >= 4 is 17.3 Å². The van der Waals surface area contributed by atoms with Gasteiger partial charge >= 0.3 is 0 Å². The summed E-state index contributed by atoms with van der Waals surface area (Å²) in [4.78, 5) is 11.7. The third-order valence-electron chi connectivity index (χ3n) is 4.90. The minimum absolute atomic E-state index is 0.0172. The van der Waals surface area contributed by atoms with Crippen LogP contribution < -0.4 is 25.8 Å². The fraction of sp³-hybridized carbons (Fsp3) is 0.409. The topological polar surface area (TPSA) is 85.6 Å². The Morgan fingerprint density at radius 3 is 2.61 bits per heavy atom. The van der Waals surface area contributed by atoms with Gasteiger partial charge in [0.1, 0.15) is 18.1 Å². The van der Waals surface area contributed by atoms with Crippen LogP contribution >= 0.6 is 0 Å². The van der Waals surface area contributed by atoms with E-state index in [4.69, 9.17) is 15.2 Å². The maximum Gasteiger partial charge on any atom is 0.224 e. The number of methoxy groups -OCH3 is 1. The lowest BCUT2D eigenvalue weighted by atomic mass is 10.0. The number of anilines is 2. The van der Waals surface area contributed by atoms with Crippen molar-refractivity contribution in [1.29, 1.82) is 0 Å². The van der Waals surface area contributed by atoms with Gasteiger partial charge in [-0.15, -0.1) is 0 Å². The Bertz CT molecular complexity index is 790. The Hall–Kier alpha value is -2.73. The van der Waals surface area contributed by atoms with Crippen LogP contribution in [0.15, 0.2) is 36.4 Å². The molecule has 1 aliphatic heterocycles. The summed E-state index contributed by atoms with van der Waals surface area (Å²) in [6.45, 7) is 2.34. The molecule has 0 fully saturated rings. The monoisotopic (exact) mass is 383 g/mol. The van der Waals surface area contributed by atoms with Crippen molar-refractivity contribution in [1.82, 2.24) is 5.32 Å². The zero-order valence-corrected chi connectivity index (χ0v) is 16.4. The fourth-order valence-electron chi connectivity index (χ4n) is 3.36. The summed E-state index contributed by atoms with van der Waals surface area (Å²) in [6.07, 6.45) is 4.48. The molecule has 2 aromatic rings. The first-order valence-corrected chi connectivity index (χ1v) is 9.85. The van der Waals surface area contributed by atoms with Gasteiger partial charge in [-0.1, -0.05) is 12.1 Å². The molecular weight excluding hydrogens is 354 g/mol. The maximum absolute atomic E-state index is 11.7. The second kappa shape index (κ2) is 9.99. The van der Waals surface area contributed by atoms with Crippen molar-refractivity contribution < 1.29 is 14.3 Å². The smallest absolute Gasteiger partial charge is 0.224 e. The van der Waals surface area contributed by atoms with E-state index in [1.165, 1.54) is 5.56 Å². The first kappa shape index (κ1) is 20.0. The van der Waals surface area contributed by atoms with Crippen molar-refractivity contribution in [2.45, 2.75) is 32.1 Å². The van der Waals surface area contributed by atoms with Gasteiger partial charge in [0.2, 0.25) is 5.91 Å². The number of benzene rings is 2. The normalized spacial score (nSPS) is 13.0. The first-order chi connectivity index (χ1) is 13.7. The standard InChI is InChI=1S/C22H29N3O3/c1-27-20-11-10-19(18-9-12-21(26)25-22(18)20)28-15-14-24-13-3-2-4-16-5-7-17(23)8-6-16/h5-8,10-11,24H,2-4,9,12-15,23H2,1H3,(H,25,26). The van der Waals surface area contributed by atoms with E-state index < -0.39 is 0 Å². The molecule has 0 spiro atoms. The van der Waals surface area contributed by atoms with Crippen molar-refractivity contribution in [3.63, 3.8) is 0 Å². The Morgan fingerprint density at radius 1 is 1.04 bits per heavy atom. The van der Waals surface area contributed by atoms with Crippen molar-refractivity contribution in [3.05, 3.63) is 47.5 Å². The van der Waals surface area contributed by atoms with Crippen LogP contribution in [-0.2, 0) is 17.6 Å². The van der Waals surface area contributed by atoms with Crippen LogP contribution in [0.25, 0.3) is 0 Å². The summed E-state index contributed by atoms with van der Waals surface area (Å²) in [6, 6.07) is 11.8. The van der Waals surface area contributed by atoms with E-state index in [1.807, 2.05) is 24.3 Å². The number of nitrogen functional groups attached to an aromatic ring is 1. The molecule has 2 aromatic carbocycles. The fourth-order valence-corrected chi connectivity index (χ4v) is 3.36. The number of hydrogen-bond acceptors (Lipinski definition) is 5. The number of nitrogens with one attached hydrogen (secondary N) is 2. The number of ether oxygens (including phenoxy) is 2. The van der Waals surface area contributed by atoms with E-state index in [1.54, 1.807) is 7.11 Å². The Morgan fingerprint density at radius 2 is 1.82 bits per heavy atom. The molecule has 0 atom stereocenters.